The maximum absolute atomic E-state index is 6.48. The lowest BCUT2D eigenvalue weighted by molar-refractivity contribution is -0.168. The molecular weight excluding hydrogens is 550 g/mol. The van der Waals surface area contributed by atoms with Gasteiger partial charge in [0.05, 0.1) is 28.8 Å². The highest BCUT2D eigenvalue weighted by atomic mass is 16.6. The molecule has 0 aliphatic heterocycles. The minimum absolute atomic E-state index is 0.415. The van der Waals surface area contributed by atoms with E-state index in [-0.39, 0.29) is 0 Å². The Hall–Kier alpha value is -4.70. The Bertz CT molecular complexity index is 2410. The Morgan fingerprint density at radius 2 is 1.13 bits per heavy atom. The first-order chi connectivity index (χ1) is 21.8. The molecule has 222 valence electrons. The quantitative estimate of drug-likeness (QED) is 0.181. The molecule has 1 aromatic heterocycles. The third-order valence-electron chi connectivity index (χ3n) is 10.2. The average Bonchev–Trinajstić information content (AvgIpc) is 3.40. The number of nitrogens with zero attached hydrogens (tertiary/aromatic N) is 1. The zero-order valence-electron chi connectivity index (χ0n) is 26.5. The van der Waals surface area contributed by atoms with Crippen LogP contribution in [0.2, 0.25) is 0 Å². The zero-order valence-corrected chi connectivity index (χ0v) is 26.5. The van der Waals surface area contributed by atoms with Crippen molar-refractivity contribution in [2.75, 3.05) is 7.11 Å². The van der Waals surface area contributed by atoms with E-state index in [1.165, 1.54) is 70.6 Å². The lowest BCUT2D eigenvalue weighted by Gasteiger charge is -2.40. The van der Waals surface area contributed by atoms with Crippen molar-refractivity contribution < 1.29 is 9.47 Å². The van der Waals surface area contributed by atoms with Gasteiger partial charge in [0.2, 0.25) is 0 Å². The van der Waals surface area contributed by atoms with Crippen LogP contribution in [0.15, 0.2) is 121 Å². The van der Waals surface area contributed by atoms with Gasteiger partial charge in [0.25, 0.3) is 0 Å². The summed E-state index contributed by atoms with van der Waals surface area (Å²) in [7, 11) is 1.75. The van der Waals surface area contributed by atoms with Gasteiger partial charge in [-0.05, 0) is 113 Å². The summed E-state index contributed by atoms with van der Waals surface area (Å²) < 4.78 is 14.7. The van der Waals surface area contributed by atoms with E-state index in [1.54, 1.807) is 7.11 Å². The molecule has 0 unspecified atom stereocenters. The molecule has 0 amide bonds. The van der Waals surface area contributed by atoms with Gasteiger partial charge in [-0.2, -0.15) is 0 Å². The van der Waals surface area contributed by atoms with Crippen LogP contribution in [0.3, 0.4) is 0 Å². The van der Waals surface area contributed by atoms with E-state index >= 15 is 0 Å². The average molecular weight is 588 g/mol. The van der Waals surface area contributed by atoms with Gasteiger partial charge in [-0.15, -0.1) is 0 Å². The lowest BCUT2D eigenvalue weighted by atomic mass is 9.89. The van der Waals surface area contributed by atoms with Crippen molar-refractivity contribution in [3.63, 3.8) is 0 Å². The van der Waals surface area contributed by atoms with Gasteiger partial charge in [-0.3, -0.25) is 0 Å². The van der Waals surface area contributed by atoms with Crippen molar-refractivity contribution in [2.45, 2.75) is 45.5 Å². The van der Waals surface area contributed by atoms with Crippen LogP contribution in [0, 0.1) is 0 Å². The van der Waals surface area contributed by atoms with Crippen molar-refractivity contribution in [2.24, 2.45) is 0 Å². The summed E-state index contributed by atoms with van der Waals surface area (Å²) in [5, 5.41) is 12.6. The van der Waals surface area contributed by atoms with Crippen LogP contribution in [0.5, 0.6) is 0 Å². The fraction of sp³-hybridized carbons (Fsp3) is 0.190. The van der Waals surface area contributed by atoms with E-state index in [1.807, 2.05) is 0 Å². The topological polar surface area (TPSA) is 23.4 Å². The summed E-state index contributed by atoms with van der Waals surface area (Å²) in [6, 6.07) is 44.5. The second-order valence-corrected chi connectivity index (χ2v) is 13.2. The molecular formula is C42H37NO2. The summed E-state index contributed by atoms with van der Waals surface area (Å²) in [4.78, 5) is 0. The molecule has 7 aromatic carbocycles. The monoisotopic (exact) mass is 587 g/mol. The number of fused-ring (bicyclic) bond motifs is 11. The lowest BCUT2D eigenvalue weighted by Crippen LogP contribution is -2.48. The number of methoxy groups -OCH3 is 1. The molecule has 0 atom stereocenters. The summed E-state index contributed by atoms with van der Waals surface area (Å²) in [5.74, 6) is 0. The molecule has 8 aromatic rings. The van der Waals surface area contributed by atoms with E-state index < -0.39 is 11.2 Å². The number of rotatable bonds is 6. The Kier molecular flexibility index (Phi) is 6.29. The Balaban J connectivity index is 1.43. The van der Waals surface area contributed by atoms with Crippen LogP contribution in [-0.4, -0.2) is 22.9 Å². The minimum Gasteiger partial charge on any atom is -0.376 e. The van der Waals surface area contributed by atoms with Crippen LogP contribution in [-0.2, 0) is 16.1 Å². The van der Waals surface area contributed by atoms with Gasteiger partial charge in [0.1, 0.15) is 0 Å². The Labute approximate surface area is 263 Å². The predicted octanol–water partition coefficient (Wildman–Crippen LogP) is 11.1. The molecule has 3 heteroatoms. The highest BCUT2D eigenvalue weighted by molar-refractivity contribution is 6.30. The first-order valence-corrected chi connectivity index (χ1v) is 15.7. The van der Waals surface area contributed by atoms with Gasteiger partial charge in [0.15, 0.2) is 0 Å². The van der Waals surface area contributed by atoms with Gasteiger partial charge >= 0.3 is 0 Å². The van der Waals surface area contributed by atoms with Crippen molar-refractivity contribution in [1.29, 1.82) is 0 Å². The highest BCUT2D eigenvalue weighted by Gasteiger charge is 2.38. The summed E-state index contributed by atoms with van der Waals surface area (Å²) in [6.07, 6.45) is 0. The normalized spacial score (nSPS) is 12.8. The standard InChI is InChI=1S/C42H37NO2/c1-41(2,44-5)42(3,4)45-26-27-19-21-33-34(23-27)31-17-11-12-18-32(31)36-25-39-37(24-35(33)36)40-30-16-10-9-13-28(30)20-22-38(40)43(39)29-14-7-6-8-15-29/h6-25H,26H2,1-5H3. The van der Waals surface area contributed by atoms with Gasteiger partial charge in [-0.25, -0.2) is 0 Å². The third-order valence-corrected chi connectivity index (χ3v) is 10.2. The smallest absolute Gasteiger partial charge is 0.0913 e. The summed E-state index contributed by atoms with van der Waals surface area (Å²) in [5.41, 5.74) is 3.89. The van der Waals surface area contributed by atoms with Gasteiger partial charge < -0.3 is 14.0 Å². The number of hydrogen-bond acceptors (Lipinski definition) is 2. The molecule has 0 saturated carbocycles. The maximum atomic E-state index is 6.48. The van der Waals surface area contributed by atoms with Crippen LogP contribution in [0.1, 0.15) is 33.3 Å². The molecule has 1 heterocycles. The molecule has 0 bridgehead atoms. The molecule has 0 radical (unpaired) electrons. The largest absolute Gasteiger partial charge is 0.376 e. The van der Waals surface area contributed by atoms with E-state index in [4.69, 9.17) is 9.47 Å². The van der Waals surface area contributed by atoms with Crippen molar-refractivity contribution in [3.05, 3.63) is 127 Å². The van der Waals surface area contributed by atoms with Crippen LogP contribution in [0.25, 0.3) is 70.6 Å². The summed E-state index contributed by atoms with van der Waals surface area (Å²) >= 11 is 0. The van der Waals surface area contributed by atoms with Crippen molar-refractivity contribution in [3.8, 4) is 5.69 Å². The molecule has 3 nitrogen and oxygen atoms in total. The second-order valence-electron chi connectivity index (χ2n) is 13.2. The molecule has 0 spiro atoms. The molecule has 8 rings (SSSR count). The van der Waals surface area contributed by atoms with Gasteiger partial charge in [-0.1, -0.05) is 84.9 Å². The van der Waals surface area contributed by atoms with E-state index in [9.17, 15) is 0 Å². The Morgan fingerprint density at radius 1 is 0.511 bits per heavy atom. The molecule has 0 aliphatic carbocycles. The fourth-order valence-corrected chi connectivity index (χ4v) is 6.91. The first kappa shape index (κ1) is 27.8. The van der Waals surface area contributed by atoms with Crippen LogP contribution in [0.4, 0.5) is 0 Å². The molecule has 45 heavy (non-hydrogen) atoms. The molecule has 0 saturated heterocycles. The molecule has 0 aliphatic rings. The number of aromatic nitrogens is 1. The van der Waals surface area contributed by atoms with E-state index in [0.717, 1.165) is 5.56 Å². The first-order valence-electron chi connectivity index (χ1n) is 15.7. The van der Waals surface area contributed by atoms with Crippen molar-refractivity contribution in [1.82, 2.24) is 4.57 Å². The zero-order chi connectivity index (χ0) is 30.9. The number of benzene rings is 7. The summed E-state index contributed by atoms with van der Waals surface area (Å²) in [6.45, 7) is 8.86. The molecule has 0 N–H and O–H groups in total. The minimum atomic E-state index is -0.455. The van der Waals surface area contributed by atoms with E-state index in [2.05, 4.69) is 154 Å². The van der Waals surface area contributed by atoms with E-state index in [0.29, 0.717) is 6.61 Å². The highest BCUT2D eigenvalue weighted by Crippen LogP contribution is 2.43. The van der Waals surface area contributed by atoms with Gasteiger partial charge in [0, 0.05) is 23.6 Å². The van der Waals surface area contributed by atoms with Crippen LogP contribution >= 0.6 is 0 Å². The third kappa shape index (κ3) is 4.26. The number of ether oxygens (including phenoxy) is 2. The maximum Gasteiger partial charge on any atom is 0.0913 e. The number of para-hydroxylation sites is 1. The predicted molar refractivity (Wildman–Crippen MR) is 191 cm³/mol. The SMILES string of the molecule is COC(C)(C)C(C)(C)OCc1ccc2c(c1)c1ccccc1c1cc3c(cc21)c1c2ccccc2ccc1n3-c1ccccc1. The Morgan fingerprint density at radius 3 is 1.87 bits per heavy atom. The molecule has 0 fully saturated rings. The second kappa shape index (κ2) is 10.2. The number of hydrogen-bond donors (Lipinski definition) is 0. The van der Waals surface area contributed by atoms with Crippen LogP contribution < -0.4 is 0 Å². The fourth-order valence-electron chi connectivity index (χ4n) is 6.91. The van der Waals surface area contributed by atoms with Crippen molar-refractivity contribution >= 4 is 64.9 Å².